The molecule has 2 aromatic carbocycles. The highest BCUT2D eigenvalue weighted by atomic mass is 16.9. The molecule has 1 aromatic heterocycles. The number of hydrogen-bond acceptors (Lipinski definition) is 6. The Labute approximate surface area is 205 Å². The second-order valence-corrected chi connectivity index (χ2v) is 8.27. The van der Waals surface area contributed by atoms with Crippen LogP contribution in [0.5, 0.6) is 5.75 Å². The Morgan fingerprint density at radius 2 is 1.66 bits per heavy atom. The molecule has 1 aliphatic heterocycles. The number of fused-ring (bicyclic) bond motifs is 1. The lowest BCUT2D eigenvalue weighted by atomic mass is 10.1. The van der Waals surface area contributed by atoms with E-state index in [1.54, 1.807) is 7.11 Å². The van der Waals surface area contributed by atoms with Crippen LogP contribution in [0, 0.1) is 15.3 Å². The zero-order chi connectivity index (χ0) is 25.2. The molecule has 186 valence electrons. The molecule has 0 saturated carbocycles. The third-order valence-corrected chi connectivity index (χ3v) is 6.14. The van der Waals surface area contributed by atoms with Gasteiger partial charge in [-0.15, -0.1) is 0 Å². The Morgan fingerprint density at radius 3 is 2.26 bits per heavy atom. The fraction of sp³-hybridized carbons (Fsp3) is 0.370. The molecule has 0 N–H and O–H groups in total. The monoisotopic (exact) mass is 479 g/mol. The lowest BCUT2D eigenvalue weighted by molar-refractivity contribution is -0.402. The number of benzene rings is 2. The van der Waals surface area contributed by atoms with E-state index >= 15 is 0 Å². The zero-order valence-corrected chi connectivity index (χ0v) is 20.6. The summed E-state index contributed by atoms with van der Waals surface area (Å²) >= 11 is 0. The van der Waals surface area contributed by atoms with Gasteiger partial charge in [0.05, 0.1) is 18.3 Å². The topological polar surface area (TPSA) is 94.8 Å². The number of hydrogen-bond donors (Lipinski definition) is 0. The maximum Gasteiger partial charge on any atom is 0.368 e. The van der Waals surface area contributed by atoms with Crippen molar-refractivity contribution in [3.63, 3.8) is 0 Å². The Balaban J connectivity index is 0.000000795. The van der Waals surface area contributed by atoms with E-state index in [1.807, 2.05) is 12.1 Å². The summed E-state index contributed by atoms with van der Waals surface area (Å²) in [4.78, 5) is 10.6. The molecule has 0 atom stereocenters. The van der Waals surface area contributed by atoms with Gasteiger partial charge >= 0.3 is 5.55 Å². The van der Waals surface area contributed by atoms with Crippen molar-refractivity contribution < 1.29 is 14.2 Å². The molecule has 1 fully saturated rings. The van der Waals surface area contributed by atoms with Crippen LogP contribution in [0.25, 0.3) is 23.1 Å². The Morgan fingerprint density at radius 1 is 1.00 bits per heavy atom. The maximum absolute atomic E-state index is 8.25. The minimum atomic E-state index is -1.75. The molecule has 0 radical (unpaired) electrons. The summed E-state index contributed by atoms with van der Waals surface area (Å²) in [5.41, 5.74) is 5.46. The van der Waals surface area contributed by atoms with E-state index in [4.69, 9.17) is 24.5 Å². The van der Waals surface area contributed by atoms with Crippen molar-refractivity contribution >= 4 is 28.8 Å². The number of anilines is 1. The van der Waals surface area contributed by atoms with Crippen LogP contribution >= 0.6 is 0 Å². The Hall–Kier alpha value is -3.81. The van der Waals surface area contributed by atoms with E-state index < -0.39 is 5.09 Å². The highest BCUT2D eigenvalue weighted by Gasteiger charge is 2.15. The second-order valence-electron chi connectivity index (χ2n) is 8.27. The fourth-order valence-corrected chi connectivity index (χ4v) is 4.28. The first-order chi connectivity index (χ1) is 16.9. The second kappa shape index (κ2) is 12.6. The molecule has 8 heteroatoms. The minimum Gasteiger partial charge on any atom is -0.497 e. The van der Waals surface area contributed by atoms with Gasteiger partial charge in [-0.05, 0) is 55.7 Å². The van der Waals surface area contributed by atoms with Crippen LogP contribution in [-0.2, 0) is 0 Å². The predicted octanol–water partition coefficient (Wildman–Crippen LogP) is 5.18. The van der Waals surface area contributed by atoms with Crippen LogP contribution < -0.4 is 19.8 Å². The van der Waals surface area contributed by atoms with Crippen molar-refractivity contribution in [2.45, 2.75) is 33.1 Å². The lowest BCUT2D eigenvalue weighted by Crippen LogP contribution is -2.34. The van der Waals surface area contributed by atoms with Gasteiger partial charge in [0.2, 0.25) is 0 Å². The molecule has 0 bridgehead atoms. The third kappa shape index (κ3) is 7.09. The van der Waals surface area contributed by atoms with Crippen LogP contribution in [0.4, 0.5) is 5.69 Å². The lowest BCUT2D eigenvalue weighted by Gasteiger charge is -2.21. The first-order valence-corrected chi connectivity index (χ1v) is 12.0. The fourth-order valence-electron chi connectivity index (χ4n) is 4.28. The summed E-state index contributed by atoms with van der Waals surface area (Å²) in [5.74, 6) is 0.873. The van der Waals surface area contributed by atoms with Gasteiger partial charge in [-0.1, -0.05) is 24.3 Å². The molecule has 4 rings (SSSR count). The third-order valence-electron chi connectivity index (χ3n) is 6.14. The van der Waals surface area contributed by atoms with E-state index in [0.717, 1.165) is 54.0 Å². The smallest absolute Gasteiger partial charge is 0.368 e. The number of piperidine rings is 1. The molecule has 0 spiro atoms. The van der Waals surface area contributed by atoms with Crippen LogP contribution in [0.1, 0.15) is 44.2 Å². The zero-order valence-electron chi connectivity index (χ0n) is 20.6. The molecule has 35 heavy (non-hydrogen) atoms. The highest BCUT2D eigenvalue weighted by molar-refractivity contribution is 5.91. The average Bonchev–Trinajstić information content (AvgIpc) is 2.88. The molecule has 2 heterocycles. The van der Waals surface area contributed by atoms with Crippen LogP contribution in [0.3, 0.4) is 0 Å². The van der Waals surface area contributed by atoms with Gasteiger partial charge in [0.1, 0.15) is 24.4 Å². The average molecular weight is 480 g/mol. The van der Waals surface area contributed by atoms with Crippen molar-refractivity contribution in [2.75, 3.05) is 38.2 Å². The number of rotatable bonds is 6. The van der Waals surface area contributed by atoms with Crippen LogP contribution in [0.15, 0.2) is 52.9 Å². The number of nitrogens with zero attached hydrogens (tertiary/aromatic N) is 3. The van der Waals surface area contributed by atoms with Gasteiger partial charge in [0.25, 0.3) is 0 Å². The SMILES string of the molecule is CCN(CC)c1ccc2c(/C=C/c3ccc(OC)cc3)cc(=[N+]3CCCCC3)oc2c1.O=[N+]([O-])[O-]. The van der Waals surface area contributed by atoms with Crippen molar-refractivity contribution in [1.82, 2.24) is 4.58 Å². The van der Waals surface area contributed by atoms with E-state index in [2.05, 4.69) is 71.9 Å². The summed E-state index contributed by atoms with van der Waals surface area (Å²) in [6, 6.07) is 16.9. The highest BCUT2D eigenvalue weighted by Crippen LogP contribution is 2.25. The van der Waals surface area contributed by atoms with Gasteiger partial charge in [-0.3, -0.25) is 0 Å². The van der Waals surface area contributed by atoms with Gasteiger partial charge in [0.15, 0.2) is 0 Å². The largest absolute Gasteiger partial charge is 0.497 e. The summed E-state index contributed by atoms with van der Waals surface area (Å²) in [6.45, 7) is 8.48. The van der Waals surface area contributed by atoms with Gasteiger partial charge < -0.3 is 29.4 Å². The number of methoxy groups -OCH3 is 1. The van der Waals surface area contributed by atoms with E-state index in [-0.39, 0.29) is 0 Å². The normalized spacial score (nSPS) is 13.4. The van der Waals surface area contributed by atoms with Crippen molar-refractivity contribution in [3.05, 3.63) is 80.5 Å². The quantitative estimate of drug-likeness (QED) is 0.275. The summed E-state index contributed by atoms with van der Waals surface area (Å²) in [6.07, 6.45) is 8.12. The first kappa shape index (κ1) is 25.8. The Bertz CT molecular complexity index is 1220. The summed E-state index contributed by atoms with van der Waals surface area (Å²) in [5, 5.41) is 15.9. The molecule has 0 aliphatic carbocycles. The molecule has 3 aromatic rings. The molecule has 0 unspecified atom stereocenters. The van der Waals surface area contributed by atoms with Crippen LogP contribution in [-0.4, -0.2) is 38.4 Å². The Kier molecular flexibility index (Phi) is 9.29. The molecule has 1 saturated heterocycles. The molecule has 8 nitrogen and oxygen atoms in total. The van der Waals surface area contributed by atoms with Gasteiger partial charge in [-0.25, -0.2) is 0 Å². The molecule has 0 amide bonds. The first-order valence-electron chi connectivity index (χ1n) is 12.0. The van der Waals surface area contributed by atoms with E-state index in [0.29, 0.717) is 0 Å². The summed E-state index contributed by atoms with van der Waals surface area (Å²) < 4.78 is 14.1. The van der Waals surface area contributed by atoms with Crippen molar-refractivity contribution in [1.29, 1.82) is 0 Å². The molecular weight excluding hydrogens is 446 g/mol. The minimum absolute atomic E-state index is 0.873. The van der Waals surface area contributed by atoms with Gasteiger partial charge in [-0.2, -0.15) is 4.58 Å². The molecular formula is C27H33N3O5. The van der Waals surface area contributed by atoms with Crippen LogP contribution in [0.2, 0.25) is 0 Å². The number of ether oxygens (including phenoxy) is 1. The van der Waals surface area contributed by atoms with E-state index in [1.165, 1.54) is 30.5 Å². The molecule has 1 aliphatic rings. The van der Waals surface area contributed by atoms with Gasteiger partial charge in [0, 0.05) is 43.1 Å². The van der Waals surface area contributed by atoms with E-state index in [9.17, 15) is 0 Å². The predicted molar refractivity (Wildman–Crippen MR) is 141 cm³/mol. The van der Waals surface area contributed by atoms with Crippen molar-refractivity contribution in [3.8, 4) is 5.75 Å². The summed E-state index contributed by atoms with van der Waals surface area (Å²) in [7, 11) is 1.69. The maximum atomic E-state index is 8.25. The standard InChI is InChI=1S/C27H33N2O2.NO3/c1-4-28(5-2)23-13-16-25-22(12-9-21-10-14-24(30-3)15-11-21)19-27(31-26(25)20-23)29-17-7-6-8-18-29;2-1(3)4/h9-16,19-20H,4-8,17-18H2,1-3H3;/q+1;-1/b12-9+;. The van der Waals surface area contributed by atoms with Crippen molar-refractivity contribution in [2.24, 2.45) is 0 Å².